The molecule has 0 aromatic heterocycles. The average molecular weight is 157 g/mol. The summed E-state index contributed by atoms with van der Waals surface area (Å²) in [5, 5.41) is 0.566. The van der Waals surface area contributed by atoms with Gasteiger partial charge in [0, 0.05) is 5.02 Å². The Labute approximate surface area is 63.9 Å². The molecule has 0 saturated heterocycles. The summed E-state index contributed by atoms with van der Waals surface area (Å²) in [6, 6.07) is 7.08. The summed E-state index contributed by atoms with van der Waals surface area (Å²) >= 11 is 5.69. The number of benzene rings is 1. The van der Waals surface area contributed by atoms with Gasteiger partial charge in [-0.05, 0) is 17.7 Å². The van der Waals surface area contributed by atoms with E-state index >= 15 is 0 Å². The van der Waals surface area contributed by atoms with Gasteiger partial charge < -0.3 is 0 Å². The summed E-state index contributed by atoms with van der Waals surface area (Å²) < 4.78 is 11.6. The molecule has 52 valence electrons. The van der Waals surface area contributed by atoms with E-state index in [1.807, 2.05) is 0 Å². The molecule has 0 bridgehead atoms. The van der Waals surface area contributed by atoms with Gasteiger partial charge in [0.25, 0.3) is 0 Å². The van der Waals surface area contributed by atoms with Crippen LogP contribution in [0.5, 0.6) is 0 Å². The molecule has 0 fully saturated rings. The Morgan fingerprint density at radius 1 is 1.30 bits per heavy atom. The number of hydrogen-bond donors (Lipinski definition) is 0. The minimum atomic E-state index is 0.473. The Kier molecular flexibility index (Phi) is 2.46. The van der Waals surface area contributed by atoms with Gasteiger partial charge in [0.2, 0.25) is 0 Å². The highest BCUT2D eigenvalue weighted by atomic mass is 35.5. The van der Waals surface area contributed by atoms with Crippen molar-refractivity contribution in [3.8, 4) is 0 Å². The Morgan fingerprint density at radius 2 is 2.00 bits per heavy atom. The molecule has 0 amide bonds. The Bertz CT molecular complexity index is 243. The summed E-state index contributed by atoms with van der Waals surface area (Å²) in [6.45, 7) is 0. The first-order valence-corrected chi connectivity index (χ1v) is 3.23. The molecule has 0 unspecified atom stereocenters. The predicted molar refractivity (Wildman–Crippen MR) is 41.6 cm³/mol. The van der Waals surface area contributed by atoms with E-state index in [9.17, 15) is 4.39 Å². The SMILES string of the molecule is FC=Cc1ccccc1Cl. The molecule has 0 atom stereocenters. The van der Waals surface area contributed by atoms with Gasteiger partial charge in [-0.3, -0.25) is 0 Å². The predicted octanol–water partition coefficient (Wildman–Crippen LogP) is 3.28. The molecule has 0 radical (unpaired) electrons. The molecular formula is C8H6ClF. The third kappa shape index (κ3) is 1.58. The van der Waals surface area contributed by atoms with E-state index in [0.717, 1.165) is 0 Å². The lowest BCUT2D eigenvalue weighted by Crippen LogP contribution is -1.70. The highest BCUT2D eigenvalue weighted by Gasteiger charge is 1.91. The maximum Gasteiger partial charge on any atom is 0.0873 e. The fourth-order valence-corrected chi connectivity index (χ4v) is 0.877. The molecule has 0 nitrogen and oxygen atoms in total. The second kappa shape index (κ2) is 3.37. The standard InChI is InChI=1S/C8H6ClF/c9-8-4-2-1-3-7(8)5-6-10/h1-6H. The zero-order valence-corrected chi connectivity index (χ0v) is 5.98. The van der Waals surface area contributed by atoms with Crippen molar-refractivity contribution >= 4 is 17.7 Å². The molecule has 0 heterocycles. The Morgan fingerprint density at radius 3 is 2.60 bits per heavy atom. The smallest absolute Gasteiger partial charge is 0.0873 e. The number of halogens is 2. The van der Waals surface area contributed by atoms with Crippen molar-refractivity contribution in [2.24, 2.45) is 0 Å². The molecule has 0 aliphatic carbocycles. The van der Waals surface area contributed by atoms with Gasteiger partial charge in [-0.25, -0.2) is 4.39 Å². The van der Waals surface area contributed by atoms with Crippen molar-refractivity contribution in [1.82, 2.24) is 0 Å². The lowest BCUT2D eigenvalue weighted by atomic mass is 10.2. The Hall–Kier alpha value is -0.820. The fourth-order valence-electron chi connectivity index (χ4n) is 0.678. The minimum Gasteiger partial charge on any atom is -0.216 e. The van der Waals surface area contributed by atoms with Crippen molar-refractivity contribution in [1.29, 1.82) is 0 Å². The van der Waals surface area contributed by atoms with Crippen LogP contribution < -0.4 is 0 Å². The van der Waals surface area contributed by atoms with E-state index in [1.54, 1.807) is 24.3 Å². The average Bonchev–Trinajstić information content (AvgIpc) is 1.94. The molecule has 0 aliphatic heterocycles. The van der Waals surface area contributed by atoms with Crippen LogP contribution in [0.4, 0.5) is 4.39 Å². The third-order valence-electron chi connectivity index (χ3n) is 1.15. The van der Waals surface area contributed by atoms with E-state index < -0.39 is 0 Å². The molecule has 0 N–H and O–H groups in total. The topological polar surface area (TPSA) is 0 Å². The van der Waals surface area contributed by atoms with E-state index in [0.29, 0.717) is 16.9 Å². The molecule has 1 aromatic carbocycles. The van der Waals surface area contributed by atoms with Gasteiger partial charge in [-0.1, -0.05) is 29.8 Å². The largest absolute Gasteiger partial charge is 0.216 e. The molecule has 2 heteroatoms. The van der Waals surface area contributed by atoms with Crippen LogP contribution >= 0.6 is 11.6 Å². The van der Waals surface area contributed by atoms with Crippen LogP contribution in [0.2, 0.25) is 5.02 Å². The van der Waals surface area contributed by atoms with Crippen molar-refractivity contribution in [2.75, 3.05) is 0 Å². The molecule has 0 saturated carbocycles. The summed E-state index contributed by atoms with van der Waals surface area (Å²) in [5.74, 6) is 0. The second-order valence-electron chi connectivity index (χ2n) is 1.81. The van der Waals surface area contributed by atoms with E-state index in [2.05, 4.69) is 0 Å². The maximum atomic E-state index is 11.6. The molecule has 10 heavy (non-hydrogen) atoms. The van der Waals surface area contributed by atoms with Crippen LogP contribution in [-0.2, 0) is 0 Å². The van der Waals surface area contributed by atoms with Gasteiger partial charge in [0.15, 0.2) is 0 Å². The molecule has 1 rings (SSSR count). The summed E-state index contributed by atoms with van der Waals surface area (Å²) in [5.41, 5.74) is 0.701. The quantitative estimate of drug-likeness (QED) is 0.586. The molecule has 0 aliphatic rings. The normalized spacial score (nSPS) is 10.6. The summed E-state index contributed by atoms with van der Waals surface area (Å²) in [4.78, 5) is 0. The van der Waals surface area contributed by atoms with Crippen LogP contribution in [0.15, 0.2) is 30.6 Å². The highest BCUT2D eigenvalue weighted by Crippen LogP contribution is 2.15. The monoisotopic (exact) mass is 156 g/mol. The lowest BCUT2D eigenvalue weighted by Gasteiger charge is -1.93. The van der Waals surface area contributed by atoms with Gasteiger partial charge >= 0.3 is 0 Å². The minimum absolute atomic E-state index is 0.473. The van der Waals surface area contributed by atoms with E-state index in [1.165, 1.54) is 6.08 Å². The van der Waals surface area contributed by atoms with Gasteiger partial charge in [0.05, 0.1) is 6.33 Å². The second-order valence-corrected chi connectivity index (χ2v) is 2.22. The van der Waals surface area contributed by atoms with Crippen LogP contribution in [0, 0.1) is 0 Å². The molecule has 0 spiro atoms. The molecular weight excluding hydrogens is 151 g/mol. The maximum absolute atomic E-state index is 11.6. The van der Waals surface area contributed by atoms with Crippen LogP contribution in [-0.4, -0.2) is 0 Å². The Balaban J connectivity index is 3.03. The number of rotatable bonds is 1. The summed E-state index contributed by atoms with van der Waals surface area (Å²) in [6.07, 6.45) is 1.80. The lowest BCUT2D eigenvalue weighted by molar-refractivity contribution is 0.727. The zero-order valence-electron chi connectivity index (χ0n) is 5.22. The fraction of sp³-hybridized carbons (Fsp3) is 0. The first-order valence-electron chi connectivity index (χ1n) is 2.86. The van der Waals surface area contributed by atoms with Crippen molar-refractivity contribution in [2.45, 2.75) is 0 Å². The van der Waals surface area contributed by atoms with Crippen molar-refractivity contribution in [3.05, 3.63) is 41.2 Å². The van der Waals surface area contributed by atoms with Gasteiger partial charge in [-0.15, -0.1) is 0 Å². The van der Waals surface area contributed by atoms with E-state index in [-0.39, 0.29) is 0 Å². The van der Waals surface area contributed by atoms with E-state index in [4.69, 9.17) is 11.6 Å². The van der Waals surface area contributed by atoms with Crippen LogP contribution in [0.1, 0.15) is 5.56 Å². The molecule has 1 aromatic rings. The zero-order chi connectivity index (χ0) is 7.40. The van der Waals surface area contributed by atoms with Gasteiger partial charge in [0.1, 0.15) is 0 Å². The van der Waals surface area contributed by atoms with Crippen LogP contribution in [0.25, 0.3) is 6.08 Å². The van der Waals surface area contributed by atoms with Crippen molar-refractivity contribution < 1.29 is 4.39 Å². The number of hydrogen-bond acceptors (Lipinski definition) is 0. The summed E-state index contributed by atoms with van der Waals surface area (Å²) in [7, 11) is 0. The van der Waals surface area contributed by atoms with Gasteiger partial charge in [-0.2, -0.15) is 0 Å². The highest BCUT2D eigenvalue weighted by molar-refractivity contribution is 6.32. The first kappa shape index (κ1) is 7.29. The van der Waals surface area contributed by atoms with Crippen molar-refractivity contribution in [3.63, 3.8) is 0 Å². The third-order valence-corrected chi connectivity index (χ3v) is 1.49. The first-order chi connectivity index (χ1) is 4.84. The van der Waals surface area contributed by atoms with Crippen LogP contribution in [0.3, 0.4) is 0 Å².